The van der Waals surface area contributed by atoms with Crippen LogP contribution in [0.2, 0.25) is 0 Å². The Bertz CT molecular complexity index is 1210. The fourth-order valence-corrected chi connectivity index (χ4v) is 5.07. The Morgan fingerprint density at radius 3 is 2.66 bits per heavy atom. The van der Waals surface area contributed by atoms with Gasteiger partial charge < -0.3 is 25.4 Å². The van der Waals surface area contributed by atoms with E-state index in [0.717, 1.165) is 5.39 Å². The average Bonchev–Trinajstić information content (AvgIpc) is 3.40. The first-order chi connectivity index (χ1) is 16.9. The van der Waals surface area contributed by atoms with Crippen molar-refractivity contribution in [2.75, 3.05) is 0 Å². The fourth-order valence-electron chi connectivity index (χ4n) is 5.07. The van der Waals surface area contributed by atoms with Crippen molar-refractivity contribution in [3.05, 3.63) is 54.4 Å². The number of aliphatic hydroxyl groups is 1. The van der Waals surface area contributed by atoms with Gasteiger partial charge in [0.05, 0.1) is 6.42 Å². The number of ether oxygens (including phenoxy) is 1. The first-order valence-corrected chi connectivity index (χ1v) is 11.7. The third-order valence-corrected chi connectivity index (χ3v) is 6.81. The Kier molecular flexibility index (Phi) is 6.21. The molecular formula is C25H26N4O6. The smallest absolute Gasteiger partial charge is 0.310 e. The summed E-state index contributed by atoms with van der Waals surface area (Å²) in [7, 11) is 0. The van der Waals surface area contributed by atoms with Gasteiger partial charge in [0, 0.05) is 17.6 Å². The van der Waals surface area contributed by atoms with Gasteiger partial charge in [-0.2, -0.15) is 0 Å². The quantitative estimate of drug-likeness (QED) is 0.436. The second kappa shape index (κ2) is 9.46. The van der Waals surface area contributed by atoms with Crippen molar-refractivity contribution in [2.24, 2.45) is 0 Å². The predicted molar refractivity (Wildman–Crippen MR) is 124 cm³/mol. The Labute approximate surface area is 201 Å². The summed E-state index contributed by atoms with van der Waals surface area (Å²) in [4.78, 5) is 57.0. The summed E-state index contributed by atoms with van der Waals surface area (Å²) >= 11 is 0. The van der Waals surface area contributed by atoms with Gasteiger partial charge in [0.2, 0.25) is 18.1 Å². The van der Waals surface area contributed by atoms with Crippen LogP contribution in [0.1, 0.15) is 42.6 Å². The van der Waals surface area contributed by atoms with E-state index in [-0.39, 0.29) is 30.5 Å². The highest BCUT2D eigenvalue weighted by atomic mass is 16.6. The molecule has 3 aliphatic heterocycles. The molecule has 1 aromatic carbocycles. The van der Waals surface area contributed by atoms with Gasteiger partial charge >= 0.3 is 5.97 Å². The van der Waals surface area contributed by atoms with Crippen LogP contribution < -0.4 is 10.6 Å². The number of fused-ring (bicyclic) bond motifs is 2. The van der Waals surface area contributed by atoms with Crippen molar-refractivity contribution in [1.82, 2.24) is 20.5 Å². The molecule has 5 atom stereocenters. The van der Waals surface area contributed by atoms with Crippen LogP contribution in [0.25, 0.3) is 10.8 Å². The summed E-state index contributed by atoms with van der Waals surface area (Å²) in [6, 6.07) is 6.53. The Balaban J connectivity index is 1.35. The van der Waals surface area contributed by atoms with E-state index in [1.54, 1.807) is 17.2 Å². The molecule has 182 valence electrons. The number of benzene rings is 1. The van der Waals surface area contributed by atoms with Gasteiger partial charge in [0.15, 0.2) is 0 Å². The van der Waals surface area contributed by atoms with Gasteiger partial charge in [-0.05, 0) is 37.1 Å². The van der Waals surface area contributed by atoms with E-state index in [0.29, 0.717) is 24.6 Å². The van der Waals surface area contributed by atoms with Gasteiger partial charge in [-0.1, -0.05) is 36.4 Å². The van der Waals surface area contributed by atoms with Crippen LogP contribution >= 0.6 is 0 Å². The molecule has 3 N–H and O–H groups in total. The molecule has 5 unspecified atom stereocenters. The minimum atomic E-state index is -1.41. The maximum Gasteiger partial charge on any atom is 0.310 e. The number of rotatable bonds is 4. The third kappa shape index (κ3) is 4.49. The predicted octanol–water partition coefficient (Wildman–Crippen LogP) is 0.793. The highest BCUT2D eigenvalue weighted by Gasteiger charge is 2.45. The number of nitrogens with zero attached hydrogens (tertiary/aromatic N) is 2. The summed E-state index contributed by atoms with van der Waals surface area (Å²) in [6.45, 7) is 0. The number of hydrogen-bond donors (Lipinski definition) is 3. The lowest BCUT2D eigenvalue weighted by Crippen LogP contribution is -2.57. The molecule has 3 aliphatic rings. The number of amides is 3. The number of carbonyl (C=O) groups is 4. The molecule has 35 heavy (non-hydrogen) atoms. The van der Waals surface area contributed by atoms with Gasteiger partial charge in [-0.3, -0.25) is 24.2 Å². The van der Waals surface area contributed by atoms with Crippen molar-refractivity contribution in [3.8, 4) is 0 Å². The highest BCUT2D eigenvalue weighted by Crippen LogP contribution is 2.30. The van der Waals surface area contributed by atoms with Crippen LogP contribution in [0.5, 0.6) is 0 Å². The van der Waals surface area contributed by atoms with E-state index in [9.17, 15) is 24.3 Å². The number of pyridine rings is 1. The maximum atomic E-state index is 13.6. The van der Waals surface area contributed by atoms with Crippen molar-refractivity contribution in [1.29, 1.82) is 0 Å². The largest absolute Gasteiger partial charge is 0.434 e. The van der Waals surface area contributed by atoms with Crippen LogP contribution in [0.15, 0.2) is 48.7 Å². The topological polar surface area (TPSA) is 138 Å². The minimum absolute atomic E-state index is 0.129. The highest BCUT2D eigenvalue weighted by molar-refractivity contribution is 6.06. The molecule has 2 saturated heterocycles. The summed E-state index contributed by atoms with van der Waals surface area (Å²) in [6.07, 6.45) is 5.83. The molecule has 4 heterocycles. The number of carbonyl (C=O) groups excluding carboxylic acids is 4. The van der Waals surface area contributed by atoms with Gasteiger partial charge in [-0.15, -0.1) is 0 Å². The van der Waals surface area contributed by atoms with Crippen molar-refractivity contribution < 1.29 is 29.0 Å². The number of aliphatic hydroxyl groups excluding tert-OH is 1. The van der Waals surface area contributed by atoms with Crippen LogP contribution in [0.4, 0.5) is 0 Å². The van der Waals surface area contributed by atoms with E-state index in [2.05, 4.69) is 15.6 Å². The maximum absolute atomic E-state index is 13.6. The summed E-state index contributed by atoms with van der Waals surface area (Å²) in [5.74, 6) is -1.85. The normalized spacial score (nSPS) is 28.3. The zero-order chi connectivity index (χ0) is 24.5. The molecule has 10 nitrogen and oxygen atoms in total. The summed E-state index contributed by atoms with van der Waals surface area (Å²) < 4.78 is 4.69. The number of aromatic nitrogens is 1. The number of esters is 1. The van der Waals surface area contributed by atoms with Crippen molar-refractivity contribution >= 4 is 34.5 Å². The standard InChI is InChI=1S/C25H26N4O6/c30-20-13-18(25(34)35-20)28-22(31)19-10-9-15-6-2-4-8-17(24(33)29(15)19)27-23(32)21-16-7-3-1-5-14(16)11-12-26-21/h1-5,7,11-12,15,17-19,25,34H,6,8-10,13H2,(H,27,32)(H,28,31). The monoisotopic (exact) mass is 478 g/mol. The molecule has 0 radical (unpaired) electrons. The summed E-state index contributed by atoms with van der Waals surface area (Å²) in [5.41, 5.74) is 0.231. The number of hydrogen-bond acceptors (Lipinski definition) is 7. The molecule has 0 spiro atoms. The number of cyclic esters (lactones) is 1. The molecule has 2 aromatic rings. The summed E-state index contributed by atoms with van der Waals surface area (Å²) in [5, 5.41) is 16.9. The molecular weight excluding hydrogens is 452 g/mol. The zero-order valence-corrected chi connectivity index (χ0v) is 18.9. The molecule has 0 bridgehead atoms. The minimum Gasteiger partial charge on any atom is -0.434 e. The van der Waals surface area contributed by atoms with Gasteiger partial charge in [0.25, 0.3) is 5.91 Å². The molecule has 1 aromatic heterocycles. The lowest BCUT2D eigenvalue weighted by atomic mass is 10.0. The van der Waals surface area contributed by atoms with Crippen LogP contribution in [0, 0.1) is 0 Å². The van der Waals surface area contributed by atoms with Crippen LogP contribution in [-0.2, 0) is 19.1 Å². The lowest BCUT2D eigenvalue weighted by Gasteiger charge is -2.34. The number of nitrogens with one attached hydrogen (secondary N) is 2. The Morgan fingerprint density at radius 1 is 1.06 bits per heavy atom. The first kappa shape index (κ1) is 23.0. The Morgan fingerprint density at radius 2 is 1.86 bits per heavy atom. The van der Waals surface area contributed by atoms with E-state index in [4.69, 9.17) is 4.74 Å². The van der Waals surface area contributed by atoms with E-state index in [1.807, 2.05) is 36.4 Å². The second-order valence-corrected chi connectivity index (χ2v) is 9.04. The molecule has 3 amide bonds. The first-order valence-electron chi connectivity index (χ1n) is 11.7. The van der Waals surface area contributed by atoms with E-state index in [1.165, 1.54) is 0 Å². The lowest BCUT2D eigenvalue weighted by molar-refractivity contribution is -0.155. The van der Waals surface area contributed by atoms with Crippen molar-refractivity contribution in [3.63, 3.8) is 0 Å². The molecule has 5 rings (SSSR count). The van der Waals surface area contributed by atoms with Crippen molar-refractivity contribution in [2.45, 2.75) is 62.6 Å². The zero-order valence-electron chi connectivity index (χ0n) is 18.9. The van der Waals surface area contributed by atoms with Crippen LogP contribution in [0.3, 0.4) is 0 Å². The van der Waals surface area contributed by atoms with E-state index < -0.39 is 42.2 Å². The van der Waals surface area contributed by atoms with E-state index >= 15 is 0 Å². The molecule has 0 aliphatic carbocycles. The molecule has 10 heteroatoms. The molecule has 0 saturated carbocycles. The fraction of sp³-hybridized carbons (Fsp3) is 0.400. The van der Waals surface area contributed by atoms with Crippen LogP contribution in [-0.4, -0.2) is 69.1 Å². The third-order valence-electron chi connectivity index (χ3n) is 6.81. The van der Waals surface area contributed by atoms with Gasteiger partial charge in [0.1, 0.15) is 23.8 Å². The van der Waals surface area contributed by atoms with Gasteiger partial charge in [-0.25, -0.2) is 0 Å². The Hall–Kier alpha value is -3.79. The molecule has 2 fully saturated rings. The average molecular weight is 479 g/mol. The second-order valence-electron chi connectivity index (χ2n) is 9.04. The SMILES string of the molecule is O=C1CC(NC(=O)C2CCC3CC=CCC(NC(=O)c4nccc5ccccc45)C(=O)N32)C(O)O1.